The van der Waals surface area contributed by atoms with Crippen LogP contribution in [0.3, 0.4) is 0 Å². The Morgan fingerprint density at radius 2 is 2.14 bits per heavy atom. The topological polar surface area (TPSA) is 79.3 Å². The molecule has 1 unspecified atom stereocenters. The van der Waals surface area contributed by atoms with Crippen molar-refractivity contribution in [1.82, 2.24) is 10.3 Å². The summed E-state index contributed by atoms with van der Waals surface area (Å²) in [5.74, 6) is -1.85. The van der Waals surface area contributed by atoms with Crippen LogP contribution in [-0.2, 0) is 4.79 Å². The van der Waals surface area contributed by atoms with E-state index in [1.807, 2.05) is 17.5 Å². The first-order chi connectivity index (χ1) is 9.99. The minimum Gasteiger partial charge on any atom is -0.481 e. The van der Waals surface area contributed by atoms with Crippen LogP contribution in [0.1, 0.15) is 23.0 Å². The number of nitrogens with zero attached hydrogens (tertiary/aromatic N) is 1. The smallest absolute Gasteiger partial charge is 0.308 e. The molecule has 0 saturated heterocycles. The summed E-state index contributed by atoms with van der Waals surface area (Å²) in [5.41, 5.74) is 1.92. The van der Waals surface area contributed by atoms with E-state index in [2.05, 4.69) is 10.3 Å². The van der Waals surface area contributed by atoms with Crippen LogP contribution in [0.25, 0.3) is 10.6 Å². The fourth-order valence-corrected chi connectivity index (χ4v) is 2.49. The van der Waals surface area contributed by atoms with Gasteiger partial charge in [-0.3, -0.25) is 14.6 Å². The molecule has 0 radical (unpaired) electrons. The summed E-state index contributed by atoms with van der Waals surface area (Å²) in [6.07, 6.45) is 0. The molecule has 1 amide bonds. The summed E-state index contributed by atoms with van der Waals surface area (Å²) in [5, 5.41) is 13.4. The van der Waals surface area contributed by atoms with Crippen molar-refractivity contribution >= 4 is 23.2 Å². The van der Waals surface area contributed by atoms with Gasteiger partial charge in [0.05, 0.1) is 27.7 Å². The molecule has 0 aromatic carbocycles. The quantitative estimate of drug-likeness (QED) is 0.889. The molecule has 0 aliphatic heterocycles. The second-order valence-electron chi connectivity index (χ2n) is 4.76. The maximum atomic E-state index is 12.0. The predicted molar refractivity (Wildman–Crippen MR) is 81.4 cm³/mol. The Balaban J connectivity index is 2.10. The number of carboxylic acid groups (broad SMARTS) is 1. The Kier molecular flexibility index (Phi) is 4.70. The number of nitrogens with one attached hydrogen (secondary N) is 1. The fraction of sp³-hybridized carbons (Fsp3) is 0.267. The van der Waals surface area contributed by atoms with Gasteiger partial charge in [0.1, 0.15) is 0 Å². The minimum absolute atomic E-state index is 0.0975. The molecular formula is C15H16N2O3S. The number of hydrogen-bond donors (Lipinski definition) is 2. The van der Waals surface area contributed by atoms with Crippen LogP contribution in [0.15, 0.2) is 29.6 Å². The number of thiophene rings is 1. The highest BCUT2D eigenvalue weighted by Crippen LogP contribution is 2.23. The van der Waals surface area contributed by atoms with E-state index in [0.717, 1.165) is 10.6 Å². The van der Waals surface area contributed by atoms with Crippen molar-refractivity contribution in [2.45, 2.75) is 13.8 Å². The number of amides is 1. The van der Waals surface area contributed by atoms with Gasteiger partial charge in [-0.05, 0) is 30.5 Å². The summed E-state index contributed by atoms with van der Waals surface area (Å²) < 4.78 is 0. The molecule has 110 valence electrons. The van der Waals surface area contributed by atoms with E-state index in [0.29, 0.717) is 11.3 Å². The van der Waals surface area contributed by atoms with Gasteiger partial charge in [0, 0.05) is 6.54 Å². The zero-order chi connectivity index (χ0) is 15.4. The number of pyridine rings is 1. The molecular weight excluding hydrogens is 288 g/mol. The zero-order valence-corrected chi connectivity index (χ0v) is 12.6. The van der Waals surface area contributed by atoms with E-state index in [9.17, 15) is 9.59 Å². The second kappa shape index (κ2) is 6.49. The number of hydrogen-bond acceptors (Lipinski definition) is 4. The number of aromatic nitrogens is 1. The van der Waals surface area contributed by atoms with E-state index >= 15 is 0 Å². The van der Waals surface area contributed by atoms with E-state index in [1.54, 1.807) is 37.3 Å². The number of carboxylic acids is 1. The van der Waals surface area contributed by atoms with Crippen LogP contribution in [0.5, 0.6) is 0 Å². The Morgan fingerprint density at radius 1 is 1.38 bits per heavy atom. The summed E-state index contributed by atoms with van der Waals surface area (Å²) in [4.78, 5) is 28.3. The van der Waals surface area contributed by atoms with E-state index < -0.39 is 11.9 Å². The Bertz CT molecular complexity index is 653. The lowest BCUT2D eigenvalue weighted by Crippen LogP contribution is -2.32. The fourth-order valence-electron chi connectivity index (χ4n) is 1.79. The van der Waals surface area contributed by atoms with Gasteiger partial charge in [-0.25, -0.2) is 0 Å². The van der Waals surface area contributed by atoms with Crippen LogP contribution in [-0.4, -0.2) is 28.5 Å². The number of rotatable bonds is 5. The molecule has 2 heterocycles. The molecule has 0 fully saturated rings. The van der Waals surface area contributed by atoms with Crippen molar-refractivity contribution in [2.24, 2.45) is 5.92 Å². The minimum atomic E-state index is -0.932. The van der Waals surface area contributed by atoms with Crippen molar-refractivity contribution in [3.8, 4) is 10.6 Å². The third kappa shape index (κ3) is 3.66. The van der Waals surface area contributed by atoms with Gasteiger partial charge in [0.2, 0.25) is 0 Å². The van der Waals surface area contributed by atoms with Crippen LogP contribution in [0, 0.1) is 12.8 Å². The molecule has 0 bridgehead atoms. The van der Waals surface area contributed by atoms with Crippen molar-refractivity contribution in [3.05, 3.63) is 40.9 Å². The number of aryl methyl sites for hydroxylation is 1. The third-order valence-electron chi connectivity index (χ3n) is 3.09. The second-order valence-corrected chi connectivity index (χ2v) is 5.70. The summed E-state index contributed by atoms with van der Waals surface area (Å²) in [7, 11) is 0. The normalized spacial score (nSPS) is 11.9. The summed E-state index contributed by atoms with van der Waals surface area (Å²) in [6, 6.07) is 7.44. The standard InChI is InChI=1S/C15H16N2O3S/c1-9(15(19)20)8-16-14(18)11-5-6-12(17-10(11)2)13-4-3-7-21-13/h3-7,9H,8H2,1-2H3,(H,16,18)(H,19,20). The van der Waals surface area contributed by atoms with E-state index in [-0.39, 0.29) is 12.5 Å². The van der Waals surface area contributed by atoms with E-state index in [4.69, 9.17) is 5.11 Å². The van der Waals surface area contributed by atoms with E-state index in [1.165, 1.54) is 0 Å². The molecule has 2 aromatic heterocycles. The van der Waals surface area contributed by atoms with Gasteiger partial charge in [-0.15, -0.1) is 11.3 Å². The van der Waals surface area contributed by atoms with Gasteiger partial charge in [0.15, 0.2) is 0 Å². The van der Waals surface area contributed by atoms with Crippen molar-refractivity contribution in [3.63, 3.8) is 0 Å². The molecule has 2 aromatic rings. The first-order valence-corrected chi connectivity index (χ1v) is 7.39. The van der Waals surface area contributed by atoms with Crippen LogP contribution in [0.4, 0.5) is 0 Å². The maximum Gasteiger partial charge on any atom is 0.308 e. The first kappa shape index (κ1) is 15.2. The third-order valence-corrected chi connectivity index (χ3v) is 3.99. The molecule has 0 aliphatic carbocycles. The molecule has 2 N–H and O–H groups in total. The lowest BCUT2D eigenvalue weighted by atomic mass is 10.1. The number of carbonyl (C=O) groups excluding carboxylic acids is 1. The average Bonchev–Trinajstić information content (AvgIpc) is 2.98. The van der Waals surface area contributed by atoms with Crippen molar-refractivity contribution in [2.75, 3.05) is 6.54 Å². The Labute approximate surface area is 126 Å². The van der Waals surface area contributed by atoms with Crippen molar-refractivity contribution in [1.29, 1.82) is 0 Å². The van der Waals surface area contributed by atoms with Gasteiger partial charge < -0.3 is 10.4 Å². The highest BCUT2D eigenvalue weighted by molar-refractivity contribution is 7.13. The molecule has 2 rings (SSSR count). The largest absolute Gasteiger partial charge is 0.481 e. The predicted octanol–water partition coefficient (Wildman–Crippen LogP) is 2.57. The molecule has 0 aliphatic rings. The lowest BCUT2D eigenvalue weighted by molar-refractivity contribution is -0.140. The zero-order valence-electron chi connectivity index (χ0n) is 11.8. The number of carbonyl (C=O) groups is 2. The van der Waals surface area contributed by atoms with Gasteiger partial charge in [0.25, 0.3) is 5.91 Å². The molecule has 21 heavy (non-hydrogen) atoms. The molecule has 1 atom stereocenters. The van der Waals surface area contributed by atoms with Crippen molar-refractivity contribution < 1.29 is 14.7 Å². The Hall–Kier alpha value is -2.21. The highest BCUT2D eigenvalue weighted by Gasteiger charge is 2.15. The molecule has 6 heteroatoms. The maximum absolute atomic E-state index is 12.0. The first-order valence-electron chi connectivity index (χ1n) is 6.51. The monoisotopic (exact) mass is 304 g/mol. The lowest BCUT2D eigenvalue weighted by Gasteiger charge is -2.10. The Morgan fingerprint density at radius 3 is 2.71 bits per heavy atom. The average molecular weight is 304 g/mol. The van der Waals surface area contributed by atoms with Crippen LogP contribution >= 0.6 is 11.3 Å². The van der Waals surface area contributed by atoms with Crippen LogP contribution < -0.4 is 5.32 Å². The highest BCUT2D eigenvalue weighted by atomic mass is 32.1. The summed E-state index contributed by atoms with van der Waals surface area (Å²) in [6.45, 7) is 3.42. The SMILES string of the molecule is Cc1nc(-c2cccs2)ccc1C(=O)NCC(C)C(=O)O. The summed E-state index contributed by atoms with van der Waals surface area (Å²) >= 11 is 1.59. The van der Waals surface area contributed by atoms with Gasteiger partial charge in [-0.1, -0.05) is 13.0 Å². The number of aliphatic carboxylic acids is 1. The van der Waals surface area contributed by atoms with Gasteiger partial charge in [-0.2, -0.15) is 0 Å². The molecule has 0 saturated carbocycles. The van der Waals surface area contributed by atoms with Crippen LogP contribution in [0.2, 0.25) is 0 Å². The molecule has 0 spiro atoms. The van der Waals surface area contributed by atoms with Gasteiger partial charge >= 0.3 is 5.97 Å². The molecule has 5 nitrogen and oxygen atoms in total.